The second kappa shape index (κ2) is 21.7. The zero-order valence-corrected chi connectivity index (χ0v) is 40.5. The Labute approximate surface area is 412 Å². The molecule has 0 saturated carbocycles. The highest BCUT2D eigenvalue weighted by Gasteiger charge is 2.26. The van der Waals surface area contributed by atoms with Crippen molar-refractivity contribution in [3.63, 3.8) is 0 Å². The van der Waals surface area contributed by atoms with E-state index in [-0.39, 0.29) is 17.9 Å². The van der Waals surface area contributed by atoms with Crippen LogP contribution >= 0.6 is 23.2 Å². The van der Waals surface area contributed by atoms with E-state index in [9.17, 15) is 0 Å². The number of nitrogens with one attached hydrogen (secondary N) is 3. The molecule has 70 heavy (non-hydrogen) atoms. The molecule has 2 aromatic carbocycles. The lowest BCUT2D eigenvalue weighted by Gasteiger charge is -2.26. The second-order valence-electron chi connectivity index (χ2n) is 17.7. The maximum atomic E-state index is 15.9. The summed E-state index contributed by atoms with van der Waals surface area (Å²) >= 11 is 13.0. The number of imidazole rings is 2. The van der Waals surface area contributed by atoms with Gasteiger partial charge in [-0.25, -0.2) is 38.7 Å². The fourth-order valence-corrected chi connectivity index (χ4v) is 9.99. The molecule has 21 heteroatoms. The van der Waals surface area contributed by atoms with Crippen LogP contribution in [0.5, 0.6) is 0 Å². The van der Waals surface area contributed by atoms with Crippen molar-refractivity contribution in [1.29, 1.82) is 0 Å². The average Bonchev–Trinajstić information content (AvgIpc) is 4.07. The van der Waals surface area contributed by atoms with Crippen LogP contribution < -0.4 is 10.6 Å². The summed E-state index contributed by atoms with van der Waals surface area (Å²) in [5, 5.41) is 9.90. The van der Waals surface area contributed by atoms with E-state index in [1.807, 2.05) is 18.4 Å². The molecule has 1 unspecified atom stereocenters. The highest BCUT2D eigenvalue weighted by Crippen LogP contribution is 2.35. The number of hydrogen-bond acceptors (Lipinski definition) is 15. The van der Waals surface area contributed by atoms with Crippen LogP contribution in [-0.4, -0.2) is 132 Å². The molecular formula is C49H54Cl2F2N14O3. The third-order valence-electron chi connectivity index (χ3n) is 13.1. The summed E-state index contributed by atoms with van der Waals surface area (Å²) in [6.07, 6.45) is 10.5. The van der Waals surface area contributed by atoms with Gasteiger partial charge in [0, 0.05) is 80.3 Å². The molecule has 11 rings (SSSR count). The third kappa shape index (κ3) is 10.2. The van der Waals surface area contributed by atoms with Crippen LogP contribution in [0.2, 0.25) is 10.0 Å². The molecular weight excluding hydrogens is 942 g/mol. The Morgan fingerprint density at radius 3 is 1.86 bits per heavy atom. The summed E-state index contributed by atoms with van der Waals surface area (Å²) in [6.45, 7) is 12.5. The number of H-pyrrole nitrogens is 1. The molecule has 0 bridgehead atoms. The van der Waals surface area contributed by atoms with Gasteiger partial charge in [0.1, 0.15) is 24.4 Å². The van der Waals surface area contributed by atoms with Crippen LogP contribution in [0.3, 0.4) is 0 Å². The van der Waals surface area contributed by atoms with Gasteiger partial charge < -0.3 is 29.8 Å². The first-order valence-electron chi connectivity index (χ1n) is 23.8. The van der Waals surface area contributed by atoms with Crippen LogP contribution in [0.1, 0.15) is 74.2 Å². The van der Waals surface area contributed by atoms with Gasteiger partial charge in [0.25, 0.3) is 0 Å². The SMILES string of the molecule is C[C@H](Nc1ncnc2c1ncn2C1CCCCO1)c1nc(CCN2CCOCC2)c2c(Cl)cccc2c1F.C[C@H](Nc1ncnc2nc[nH]c12)c1nc(CCN2CCOCC2)c2c(Cl)cccc2c1F. The Morgan fingerprint density at radius 1 is 0.700 bits per heavy atom. The number of hydrogen-bond donors (Lipinski definition) is 3. The second-order valence-corrected chi connectivity index (χ2v) is 18.5. The van der Waals surface area contributed by atoms with Gasteiger partial charge in [-0.3, -0.25) is 24.3 Å². The third-order valence-corrected chi connectivity index (χ3v) is 13.8. The first-order valence-corrected chi connectivity index (χ1v) is 24.6. The molecule has 0 amide bonds. The molecule has 3 fully saturated rings. The van der Waals surface area contributed by atoms with Crippen LogP contribution in [0.15, 0.2) is 61.7 Å². The zero-order valence-electron chi connectivity index (χ0n) is 39.0. The molecule has 6 aromatic heterocycles. The molecule has 9 heterocycles. The normalized spacial score (nSPS) is 18.0. The van der Waals surface area contributed by atoms with Gasteiger partial charge in [0.2, 0.25) is 0 Å². The molecule has 17 nitrogen and oxygen atoms in total. The Balaban J connectivity index is 0.000000165. The van der Waals surface area contributed by atoms with Crippen molar-refractivity contribution < 1.29 is 23.0 Å². The Hall–Kier alpha value is -5.80. The van der Waals surface area contributed by atoms with Crippen molar-refractivity contribution >= 4 is 78.7 Å². The van der Waals surface area contributed by atoms with Crippen molar-refractivity contribution in [2.75, 3.05) is 82.9 Å². The Morgan fingerprint density at radius 2 is 1.27 bits per heavy atom. The maximum absolute atomic E-state index is 15.9. The van der Waals surface area contributed by atoms with E-state index in [1.54, 1.807) is 49.1 Å². The monoisotopic (exact) mass is 994 g/mol. The van der Waals surface area contributed by atoms with Crippen molar-refractivity contribution in [1.82, 2.24) is 59.2 Å². The van der Waals surface area contributed by atoms with Crippen LogP contribution in [0.4, 0.5) is 20.4 Å². The summed E-state index contributed by atoms with van der Waals surface area (Å²) in [5.74, 6) is 0.304. The van der Waals surface area contributed by atoms with Gasteiger partial charge in [-0.1, -0.05) is 47.5 Å². The predicted molar refractivity (Wildman–Crippen MR) is 265 cm³/mol. The van der Waals surface area contributed by atoms with E-state index in [4.69, 9.17) is 47.4 Å². The Bertz CT molecular complexity index is 3110. The lowest BCUT2D eigenvalue weighted by molar-refractivity contribution is -0.0298. The molecule has 0 radical (unpaired) electrons. The summed E-state index contributed by atoms with van der Waals surface area (Å²) in [6, 6.07) is 9.70. The van der Waals surface area contributed by atoms with Gasteiger partial charge in [0.05, 0.1) is 84.0 Å². The number of aromatic nitrogens is 10. The van der Waals surface area contributed by atoms with Crippen LogP contribution in [0, 0.1) is 11.6 Å². The number of nitrogens with zero attached hydrogens (tertiary/aromatic N) is 11. The molecule has 3 saturated heterocycles. The van der Waals surface area contributed by atoms with Gasteiger partial charge in [0.15, 0.2) is 40.1 Å². The number of rotatable bonds is 13. The van der Waals surface area contributed by atoms with Crippen molar-refractivity contribution in [2.45, 2.75) is 64.3 Å². The zero-order chi connectivity index (χ0) is 48.1. The number of pyridine rings is 2. The average molecular weight is 996 g/mol. The van der Waals surface area contributed by atoms with E-state index in [1.165, 1.54) is 12.7 Å². The number of benzene rings is 2. The predicted octanol–water partition coefficient (Wildman–Crippen LogP) is 8.66. The van der Waals surface area contributed by atoms with E-state index in [0.717, 1.165) is 103 Å². The highest BCUT2D eigenvalue weighted by molar-refractivity contribution is 6.36. The summed E-state index contributed by atoms with van der Waals surface area (Å²) in [4.78, 5) is 43.3. The van der Waals surface area contributed by atoms with E-state index >= 15 is 8.78 Å². The van der Waals surface area contributed by atoms with E-state index in [0.29, 0.717) is 89.8 Å². The fraction of sp³-hybridized carbons (Fsp3) is 0.429. The smallest absolute Gasteiger partial charge is 0.182 e. The number of ether oxygens (including phenoxy) is 3. The summed E-state index contributed by atoms with van der Waals surface area (Å²) in [7, 11) is 0. The summed E-state index contributed by atoms with van der Waals surface area (Å²) < 4.78 is 50.3. The van der Waals surface area contributed by atoms with E-state index in [2.05, 4.69) is 55.3 Å². The molecule has 366 valence electrons. The maximum Gasteiger partial charge on any atom is 0.182 e. The van der Waals surface area contributed by atoms with Crippen LogP contribution in [0.25, 0.3) is 43.9 Å². The Kier molecular flexibility index (Phi) is 14.8. The number of fused-ring (bicyclic) bond motifs is 4. The molecule has 0 spiro atoms. The molecule has 3 aliphatic rings. The number of aromatic amines is 1. The van der Waals surface area contributed by atoms with Gasteiger partial charge in [-0.15, -0.1) is 0 Å². The van der Waals surface area contributed by atoms with Crippen molar-refractivity contribution in [2.24, 2.45) is 0 Å². The quantitative estimate of drug-likeness (QED) is 0.0998. The number of morpholine rings is 2. The lowest BCUT2D eigenvalue weighted by Crippen LogP contribution is -2.37. The first-order chi connectivity index (χ1) is 34.2. The van der Waals surface area contributed by atoms with E-state index < -0.39 is 12.1 Å². The summed E-state index contributed by atoms with van der Waals surface area (Å²) in [5.41, 5.74) is 4.72. The lowest BCUT2D eigenvalue weighted by atomic mass is 10.0. The van der Waals surface area contributed by atoms with Crippen molar-refractivity contribution in [3.05, 3.63) is 106 Å². The van der Waals surface area contributed by atoms with Gasteiger partial charge in [-0.05, 0) is 45.2 Å². The molecule has 3 N–H and O–H groups in total. The molecule has 3 aliphatic heterocycles. The molecule has 0 aliphatic carbocycles. The highest BCUT2D eigenvalue weighted by atomic mass is 35.5. The van der Waals surface area contributed by atoms with Gasteiger partial charge >= 0.3 is 0 Å². The van der Waals surface area contributed by atoms with Gasteiger partial charge in [-0.2, -0.15) is 0 Å². The minimum atomic E-state index is -0.477. The standard InChI is InChI=1S/C27H31ClFN7O2.C22H23ClFN7O/c1-17(33-26-25-27(31-15-30-26)36(16-32-25)21-7-2-3-12-38-21)24-23(29)18-5-4-6-19(28)22(18)20(34-24)8-9-35-10-13-37-14-11-35;1-13(29-22-20-21(26-11-25-20)27-12-28-22)19-18(24)14-3-2-4-15(23)17(14)16(30-19)5-6-31-7-9-32-10-8-31/h4-6,15-17,21H,2-3,7-14H2,1H3,(H,30,31,33);2-4,11-13H,5-10H2,1H3,(H2,25,26,27,28,29)/t17-,21?;13-/m00/s1. The fourth-order valence-electron chi connectivity index (χ4n) is 9.42. The van der Waals surface area contributed by atoms with Crippen molar-refractivity contribution in [3.8, 4) is 0 Å². The van der Waals surface area contributed by atoms with Crippen LogP contribution in [-0.2, 0) is 27.1 Å². The molecule has 3 atom stereocenters. The number of anilines is 2. The minimum Gasteiger partial charge on any atom is -0.379 e. The topological polar surface area (TPSA) is 182 Å². The first kappa shape index (κ1) is 47.9. The largest absolute Gasteiger partial charge is 0.379 e. The number of halogens is 4. The molecule has 8 aromatic rings. The minimum absolute atomic E-state index is 0.0905.